The first-order valence-electron chi connectivity index (χ1n) is 37.5. The van der Waals surface area contributed by atoms with Gasteiger partial charge in [-0.2, -0.15) is 0 Å². The number of nitrogens with zero attached hydrogens (tertiary/aromatic N) is 4. The number of ether oxygens (including phenoxy) is 6. The first-order valence-corrected chi connectivity index (χ1v) is 44.6. The number of esters is 5. The molecule has 3 aliphatic carbocycles. The van der Waals surface area contributed by atoms with Gasteiger partial charge in [0.1, 0.15) is 41.6 Å². The summed E-state index contributed by atoms with van der Waals surface area (Å²) in [4.78, 5) is 173. The summed E-state index contributed by atoms with van der Waals surface area (Å²) in [6.07, 6.45) is -8.82. The Morgan fingerprint density at radius 1 is 0.765 bits per heavy atom. The number of aliphatic carboxylic acids is 1. The molecular formula is C81H93N9O22SSi2. The van der Waals surface area contributed by atoms with E-state index < -0.39 is 167 Å². The van der Waals surface area contributed by atoms with Gasteiger partial charge >= 0.3 is 35.8 Å². The summed E-state index contributed by atoms with van der Waals surface area (Å²) < 4.78 is 51.0. The molecule has 0 unspecified atom stereocenters. The molecule has 11 atom stereocenters. The number of hydrogen-bond acceptors (Lipinski definition) is 27. The lowest BCUT2D eigenvalue weighted by Crippen LogP contribution is -2.82. The molecule has 34 heteroatoms. The lowest BCUT2D eigenvalue weighted by molar-refractivity contribution is -0.346. The van der Waals surface area contributed by atoms with Gasteiger partial charge in [-0.25, -0.2) is 29.5 Å². The number of carbonyl (C=O) groups excluding carboxylic acids is 9. The lowest BCUT2D eigenvalue weighted by atomic mass is 9.44. The van der Waals surface area contributed by atoms with Crippen LogP contribution in [0.15, 0.2) is 165 Å². The van der Waals surface area contributed by atoms with Crippen LogP contribution in [-0.4, -0.2) is 183 Å². The van der Waals surface area contributed by atoms with E-state index in [1.807, 2.05) is 26.2 Å². The van der Waals surface area contributed by atoms with E-state index >= 15 is 9.59 Å². The van der Waals surface area contributed by atoms with Gasteiger partial charge in [-0.3, -0.25) is 43.2 Å². The number of Topliss-reactive ketones (excluding diaryl/α,β-unsaturated/α-hetero) is 1. The van der Waals surface area contributed by atoms with Gasteiger partial charge < -0.3 is 78.5 Å². The van der Waals surface area contributed by atoms with Gasteiger partial charge in [0.2, 0.25) is 5.91 Å². The molecule has 3 aromatic heterocycles. The van der Waals surface area contributed by atoms with Crippen molar-refractivity contribution in [2.24, 2.45) is 16.7 Å². The molecule has 2 bridgehead atoms. The number of anilines is 1. The number of hydrogen-bond donors (Lipinski definition) is 8. The van der Waals surface area contributed by atoms with Crippen molar-refractivity contribution in [1.29, 1.82) is 0 Å². The molecule has 0 radical (unpaired) electrons. The number of nitrogens with one attached hydrogen (secondary N) is 5. The zero-order valence-corrected chi connectivity index (χ0v) is 68.0. The average Bonchev–Trinajstić information content (AvgIpc) is 0.834. The van der Waals surface area contributed by atoms with E-state index in [4.69, 9.17) is 37.0 Å². The SMILES string of the molecule is CC(=O)O[C@@]12CO[C@@H]1C[C@H](OC(=O)C/C=C/[Si](C)(C)O[Si](C)(C)CSc1ncc(CNC(=O)CCCNC(=O)c3ccc(NCc4cnc5nc(C)[nH]c(=O)c5n4)cc3)o1)[C@@]1(C)C(=O)[C@H](OC(=O)CCC(=O)O)C3=C(C)[C@@H](OC(=O)[C@H](O)[C@@H](NC(=O)c4ccccc4)c4ccccc4)C[C@@](O)([C@@H](OC(=O)c4ccccc4)[C@H]21)C3(C)C. The maximum atomic E-state index is 16.8. The second-order valence-electron chi connectivity index (χ2n) is 30.8. The number of rotatable bonds is 32. The molecule has 0 spiro atoms. The number of carboxylic acid groups (broad SMARTS) is 1. The number of oxazole rings is 1. The first kappa shape index (κ1) is 85.0. The summed E-state index contributed by atoms with van der Waals surface area (Å²) in [5.41, 5.74) is -5.20. The summed E-state index contributed by atoms with van der Waals surface area (Å²) >= 11 is 1.34. The van der Waals surface area contributed by atoms with Crippen LogP contribution in [-0.2, 0) is 79.2 Å². The van der Waals surface area contributed by atoms with Crippen molar-refractivity contribution in [3.8, 4) is 0 Å². The van der Waals surface area contributed by atoms with Crippen molar-refractivity contribution in [2.75, 3.05) is 23.8 Å². The van der Waals surface area contributed by atoms with E-state index in [1.165, 1.54) is 76.1 Å². The maximum absolute atomic E-state index is 16.8. The Morgan fingerprint density at radius 3 is 2.10 bits per heavy atom. The van der Waals surface area contributed by atoms with Gasteiger partial charge in [0.15, 0.2) is 51.4 Å². The van der Waals surface area contributed by atoms with Crippen molar-refractivity contribution in [3.63, 3.8) is 0 Å². The average molecular weight is 1630 g/mol. The Kier molecular flexibility index (Phi) is 26.2. The monoisotopic (exact) mass is 1630 g/mol. The predicted octanol–water partition coefficient (Wildman–Crippen LogP) is 8.14. The Hall–Kier alpha value is -10.9. The molecule has 3 fully saturated rings. The van der Waals surface area contributed by atoms with E-state index in [0.29, 0.717) is 45.5 Å². The van der Waals surface area contributed by atoms with Crippen LogP contribution in [0.5, 0.6) is 0 Å². The summed E-state index contributed by atoms with van der Waals surface area (Å²) in [5, 5.41) is 48.7. The van der Waals surface area contributed by atoms with Crippen molar-refractivity contribution >= 4 is 105 Å². The van der Waals surface area contributed by atoms with E-state index in [1.54, 1.807) is 110 Å². The molecule has 8 N–H and O–H groups in total. The van der Waals surface area contributed by atoms with Crippen LogP contribution in [0, 0.1) is 23.7 Å². The lowest BCUT2D eigenvalue weighted by Gasteiger charge is -2.67. The molecule has 4 aromatic carbocycles. The number of aromatic amines is 1. The highest BCUT2D eigenvalue weighted by molar-refractivity contribution is 8.00. The van der Waals surface area contributed by atoms with Crippen molar-refractivity contribution in [3.05, 3.63) is 200 Å². The zero-order chi connectivity index (χ0) is 83.0. The highest BCUT2D eigenvalue weighted by atomic mass is 32.2. The predicted molar refractivity (Wildman–Crippen MR) is 420 cm³/mol. The molecule has 11 rings (SSSR count). The fourth-order valence-electron chi connectivity index (χ4n) is 15.6. The molecule has 3 amide bonds. The third kappa shape index (κ3) is 19.4. The van der Waals surface area contributed by atoms with Crippen molar-refractivity contribution < 1.29 is 100 Å². The second kappa shape index (κ2) is 35.5. The third-order valence-corrected chi connectivity index (χ3v) is 30.3. The quantitative estimate of drug-likeness (QED) is 0.00492. The number of carbonyl (C=O) groups is 10. The molecule has 4 aliphatic rings. The summed E-state index contributed by atoms with van der Waals surface area (Å²) in [5.74, 6) is -10.00. The van der Waals surface area contributed by atoms with Crippen LogP contribution < -0.4 is 26.8 Å². The number of benzene rings is 4. The van der Waals surface area contributed by atoms with Gasteiger partial charge in [-0.05, 0) is 119 Å². The first-order chi connectivity index (χ1) is 54.5. The third-order valence-electron chi connectivity index (χ3n) is 21.2. The maximum Gasteiger partial charge on any atom is 0.338 e. The fourth-order valence-corrected chi connectivity index (χ4v) is 25.2. The van der Waals surface area contributed by atoms with E-state index in [-0.39, 0.29) is 88.8 Å². The number of aryl methyl sites for hydroxylation is 1. The Bertz CT molecular complexity index is 4950. The van der Waals surface area contributed by atoms with Crippen LogP contribution in [0.3, 0.4) is 0 Å². The molecule has 1 aliphatic heterocycles. The summed E-state index contributed by atoms with van der Waals surface area (Å²) in [6.45, 7) is 16.5. The molecule has 2 saturated carbocycles. The highest BCUT2D eigenvalue weighted by Gasteiger charge is 2.79. The molecule has 115 heavy (non-hydrogen) atoms. The minimum Gasteiger partial charge on any atom is -0.481 e. The number of thioether (sulfide) groups is 1. The second-order valence-corrected chi connectivity index (χ2v) is 40.5. The van der Waals surface area contributed by atoms with Gasteiger partial charge in [-0.1, -0.05) is 104 Å². The highest BCUT2D eigenvalue weighted by Crippen LogP contribution is 2.65. The number of ketones is 1. The van der Waals surface area contributed by atoms with Crippen molar-refractivity contribution in [1.82, 2.24) is 40.9 Å². The number of amides is 3. The standard InChI is InChI=1S/C81H93N9O22SSi2/c1-46-56(107-76(103)66(97)64(49-22-14-11-15-23-49)90-73(100)50-24-16-12-17-25-50)39-81(104)70(110-75(102)52-26-18-13-19-27-52)68-79(6,69(98)67(63(46)78(81,4)5)109-62(96)35-34-60(93)94)57(38-58-80(68,44-105-58)111-48(3)91)108-61(95)29-21-37-114(7,8)112-115(9,10)45-113-77-86-43-55(106-77)42-84-59(92)28-20-36-82-72(99)51-30-32-53(33-31-51)83-40-54-41-85-71-65(89-54)74(101)88-47(2)87-71/h11-19,21-27,30-33,37,41,43,56-58,64,66-68,70,83,97,104H,20,28-29,34-36,38-40,42,44-45H2,1-10H3,(H,82,99)(H,84,92)(H,90,100)(H,93,94)(H,85,87,88,101)/b37-21+/t56-,57-,58+,64-,66+,67+,68-,70-,79+,80-,81+/m0/s1. The van der Waals surface area contributed by atoms with Crippen LogP contribution in [0.1, 0.15) is 140 Å². The Balaban J connectivity index is 0.766. The number of aromatic nitrogens is 5. The normalized spacial score (nSPS) is 22.8. The smallest absolute Gasteiger partial charge is 0.338 e. The minimum atomic E-state index is -2.80. The van der Waals surface area contributed by atoms with Gasteiger partial charge in [0.25, 0.3) is 22.6 Å². The number of fused-ring (bicyclic) bond motifs is 6. The largest absolute Gasteiger partial charge is 0.481 e. The fraction of sp³-hybridized carbons (Fsp3) is 0.420. The van der Waals surface area contributed by atoms with Crippen LogP contribution in [0.4, 0.5) is 5.69 Å². The Morgan fingerprint density at radius 2 is 1.43 bits per heavy atom. The van der Waals surface area contributed by atoms with Crippen LogP contribution in [0.2, 0.25) is 26.2 Å². The summed E-state index contributed by atoms with van der Waals surface area (Å²) in [7, 11) is -5.39. The number of H-pyrrole nitrogens is 1. The zero-order valence-electron chi connectivity index (χ0n) is 65.2. The molecule has 4 heterocycles. The Labute approximate surface area is 668 Å². The number of aliphatic hydroxyl groups is 2. The topological polar surface area (TPSA) is 442 Å². The van der Waals surface area contributed by atoms with Gasteiger partial charge in [-0.15, -0.1) is 0 Å². The van der Waals surface area contributed by atoms with Crippen molar-refractivity contribution in [2.45, 2.75) is 185 Å². The van der Waals surface area contributed by atoms with E-state index in [2.05, 4.69) is 46.2 Å². The molecule has 7 aromatic rings. The molecule has 608 valence electrons. The van der Waals surface area contributed by atoms with Crippen LogP contribution in [0.25, 0.3) is 11.2 Å². The van der Waals surface area contributed by atoms with E-state index in [9.17, 15) is 58.5 Å². The molecule has 31 nitrogen and oxygen atoms in total. The number of aliphatic hydroxyl groups excluding tert-OH is 1. The number of carboxylic acids is 1. The van der Waals surface area contributed by atoms with E-state index in [0.717, 1.165) is 6.92 Å². The van der Waals surface area contributed by atoms with Gasteiger partial charge in [0.05, 0.1) is 80.0 Å². The minimum absolute atomic E-state index is 0.00452. The van der Waals surface area contributed by atoms with Crippen LogP contribution >= 0.6 is 11.8 Å². The summed E-state index contributed by atoms with van der Waals surface area (Å²) in [6, 6.07) is 29.0. The van der Waals surface area contributed by atoms with Gasteiger partial charge in [0, 0.05) is 60.3 Å². The molecular weight excluding hydrogens is 1540 g/mol. The molecule has 1 saturated heterocycles.